The third-order valence-corrected chi connectivity index (χ3v) is 10.9. The third-order valence-electron chi connectivity index (χ3n) is 9.32. The number of rotatable bonds is 8. The number of carbonyl (C=O) groups is 2. The van der Waals surface area contributed by atoms with E-state index >= 15 is 0 Å². The molecule has 0 spiro atoms. The Balaban J connectivity index is 1.65. The van der Waals surface area contributed by atoms with E-state index < -0.39 is 22.0 Å². The second-order valence-corrected chi connectivity index (χ2v) is 14.9. The number of hydrogen-bond acceptors (Lipinski definition) is 9. The lowest BCUT2D eigenvalue weighted by Gasteiger charge is -2.36. The van der Waals surface area contributed by atoms with Gasteiger partial charge in [0.05, 0.1) is 30.4 Å². The summed E-state index contributed by atoms with van der Waals surface area (Å²) in [6, 6.07) is 4.07. The molecular weight excluding hydrogens is 624 g/mol. The van der Waals surface area contributed by atoms with Gasteiger partial charge >= 0.3 is 0 Å². The fraction of sp³-hybridized carbons (Fsp3) is 0.676. The van der Waals surface area contributed by atoms with E-state index in [4.69, 9.17) is 14.0 Å². The minimum atomic E-state index is -4.07. The number of amides is 2. The summed E-state index contributed by atoms with van der Waals surface area (Å²) < 4.78 is 46.9. The Kier molecular flexibility index (Phi) is 12.7. The number of hydrogen-bond donors (Lipinski definition) is 2. The maximum atomic E-state index is 14.4. The zero-order valence-corrected chi connectivity index (χ0v) is 29.5. The summed E-state index contributed by atoms with van der Waals surface area (Å²) in [6.07, 6.45) is 6.94. The highest BCUT2D eigenvalue weighted by Crippen LogP contribution is 2.31. The first-order valence-corrected chi connectivity index (χ1v) is 18.4. The molecule has 1 aliphatic heterocycles. The van der Waals surface area contributed by atoms with Gasteiger partial charge in [0.15, 0.2) is 10.7 Å². The van der Waals surface area contributed by atoms with Crippen molar-refractivity contribution in [3.8, 4) is 5.75 Å². The second kappa shape index (κ2) is 16.3. The van der Waals surface area contributed by atoms with Crippen LogP contribution in [0.1, 0.15) is 93.9 Å². The predicted octanol–water partition coefficient (Wildman–Crippen LogP) is 4.93. The fourth-order valence-corrected chi connectivity index (χ4v) is 7.92. The molecule has 2 N–H and O–H groups in total. The van der Waals surface area contributed by atoms with Crippen molar-refractivity contribution in [3.05, 3.63) is 35.2 Å². The summed E-state index contributed by atoms with van der Waals surface area (Å²) in [5.74, 6) is 0.0540. The molecule has 1 aromatic heterocycles. The van der Waals surface area contributed by atoms with Gasteiger partial charge < -0.3 is 28.9 Å². The minimum Gasteiger partial charge on any atom is -0.490 e. The average molecular weight is 677 g/mol. The van der Waals surface area contributed by atoms with Gasteiger partial charge in [0.1, 0.15) is 11.4 Å². The van der Waals surface area contributed by atoms with Gasteiger partial charge in [-0.05, 0) is 78.0 Å². The Morgan fingerprint density at radius 1 is 1.13 bits per heavy atom. The number of carbonyl (C=O) groups excluding carboxylic acids is 2. The number of benzene rings is 1. The maximum absolute atomic E-state index is 14.4. The van der Waals surface area contributed by atoms with Crippen molar-refractivity contribution < 1.29 is 37.1 Å². The number of anilines is 1. The highest BCUT2D eigenvalue weighted by Gasteiger charge is 2.33. The van der Waals surface area contributed by atoms with Gasteiger partial charge in [0.25, 0.3) is 15.9 Å². The van der Waals surface area contributed by atoms with Crippen molar-refractivity contribution in [2.45, 2.75) is 109 Å². The van der Waals surface area contributed by atoms with Crippen molar-refractivity contribution >= 4 is 27.5 Å². The largest absolute Gasteiger partial charge is 0.490 e. The SMILES string of the molecule is Cc1noc(C)c1S(=O)(=O)Nc1ccc2c(c1)C(=O)N([C@H](C)CO)C[C@H](C)[C@@H](CN(C)C(=O)C1CCCCC1)OCCCC[C@H](C)O2. The number of nitrogens with zero attached hydrogens (tertiary/aromatic N) is 3. The van der Waals surface area contributed by atoms with Gasteiger partial charge in [-0.2, -0.15) is 0 Å². The topological polar surface area (TPSA) is 152 Å². The average Bonchev–Trinajstić information content (AvgIpc) is 3.40. The summed E-state index contributed by atoms with van der Waals surface area (Å²) in [6.45, 7) is 9.62. The monoisotopic (exact) mass is 676 g/mol. The number of sulfonamides is 1. The standard InChI is InChI=1S/C34H52N4O8S/c1-22-19-38(23(2)21-39)34(41)29-18-28(36-47(42,43)32-25(4)35-46-26(32)5)15-16-30(29)45-24(3)12-10-11-17-44-31(22)20-37(6)33(40)27-13-8-7-9-14-27/h15-16,18,22-24,27,31,36,39H,7-14,17,19-21H2,1-6H3/t22-,23+,24-,31+/m0/s1. The third kappa shape index (κ3) is 9.26. The number of fused-ring (bicyclic) bond motifs is 1. The van der Waals surface area contributed by atoms with Crippen LogP contribution in [0.15, 0.2) is 27.6 Å². The highest BCUT2D eigenvalue weighted by atomic mass is 32.2. The molecular formula is C34H52N4O8S. The zero-order chi connectivity index (χ0) is 34.3. The summed E-state index contributed by atoms with van der Waals surface area (Å²) in [5, 5.41) is 14.0. The van der Waals surface area contributed by atoms with Gasteiger partial charge in [-0.25, -0.2) is 8.42 Å². The zero-order valence-electron chi connectivity index (χ0n) is 28.7. The summed E-state index contributed by atoms with van der Waals surface area (Å²) >= 11 is 0. The molecule has 0 saturated heterocycles. The van der Waals surface area contributed by atoms with Crippen LogP contribution in [0, 0.1) is 25.7 Å². The lowest BCUT2D eigenvalue weighted by molar-refractivity contribution is -0.137. The lowest BCUT2D eigenvalue weighted by atomic mass is 9.88. The lowest BCUT2D eigenvalue weighted by Crippen LogP contribution is -2.48. The number of aliphatic hydroxyl groups is 1. The van der Waals surface area contributed by atoms with Crippen LogP contribution in [0.2, 0.25) is 0 Å². The molecule has 12 nitrogen and oxygen atoms in total. The van der Waals surface area contributed by atoms with Crippen LogP contribution in [0.25, 0.3) is 0 Å². The normalized spacial score (nSPS) is 22.9. The number of aliphatic hydroxyl groups excluding tert-OH is 1. The second-order valence-electron chi connectivity index (χ2n) is 13.3. The number of likely N-dealkylation sites (N-methyl/N-ethyl adjacent to an activating group) is 1. The van der Waals surface area contributed by atoms with Gasteiger partial charge in [0.2, 0.25) is 5.91 Å². The molecule has 0 radical (unpaired) electrons. The molecule has 262 valence electrons. The number of aromatic nitrogens is 1. The molecule has 4 atom stereocenters. The summed E-state index contributed by atoms with van der Waals surface area (Å²) in [7, 11) is -2.24. The first kappa shape index (κ1) is 36.7. The molecule has 2 aromatic rings. The Morgan fingerprint density at radius 3 is 2.49 bits per heavy atom. The Hall–Kier alpha value is -3.16. The first-order chi connectivity index (χ1) is 22.3. The van der Waals surface area contributed by atoms with E-state index in [2.05, 4.69) is 9.88 Å². The van der Waals surface area contributed by atoms with Crippen molar-refractivity contribution in [2.75, 3.05) is 38.1 Å². The Bertz CT molecular complexity index is 1450. The molecule has 13 heteroatoms. The van der Waals surface area contributed by atoms with Crippen molar-refractivity contribution in [1.82, 2.24) is 15.0 Å². The summed E-state index contributed by atoms with van der Waals surface area (Å²) in [5.41, 5.74) is 0.562. The van der Waals surface area contributed by atoms with Crippen LogP contribution < -0.4 is 9.46 Å². The molecule has 4 rings (SSSR count). The van der Waals surface area contributed by atoms with Crippen LogP contribution >= 0.6 is 0 Å². The van der Waals surface area contributed by atoms with Crippen LogP contribution in [-0.4, -0.2) is 91.9 Å². The molecule has 1 aromatic carbocycles. The van der Waals surface area contributed by atoms with E-state index in [1.165, 1.54) is 19.4 Å². The molecule has 1 fully saturated rings. The Morgan fingerprint density at radius 2 is 1.83 bits per heavy atom. The van der Waals surface area contributed by atoms with E-state index in [-0.39, 0.29) is 70.7 Å². The molecule has 1 aliphatic carbocycles. The number of nitrogens with one attached hydrogen (secondary N) is 1. The number of ether oxygens (including phenoxy) is 2. The van der Waals surface area contributed by atoms with Crippen LogP contribution in [0.3, 0.4) is 0 Å². The van der Waals surface area contributed by atoms with E-state index in [0.717, 1.165) is 38.5 Å². The molecule has 2 aliphatic rings. The van der Waals surface area contributed by atoms with Crippen molar-refractivity contribution in [2.24, 2.45) is 11.8 Å². The van der Waals surface area contributed by atoms with Crippen LogP contribution in [-0.2, 0) is 19.6 Å². The molecule has 47 heavy (non-hydrogen) atoms. The molecule has 0 unspecified atom stereocenters. The van der Waals surface area contributed by atoms with Gasteiger partial charge in [-0.3, -0.25) is 14.3 Å². The van der Waals surface area contributed by atoms with Gasteiger partial charge in [-0.15, -0.1) is 0 Å². The van der Waals surface area contributed by atoms with E-state index in [1.807, 2.05) is 20.9 Å². The van der Waals surface area contributed by atoms with Crippen LogP contribution in [0.4, 0.5) is 5.69 Å². The molecule has 2 heterocycles. The van der Waals surface area contributed by atoms with E-state index in [9.17, 15) is 23.1 Å². The predicted molar refractivity (Wildman–Crippen MR) is 178 cm³/mol. The highest BCUT2D eigenvalue weighted by molar-refractivity contribution is 7.92. The molecule has 0 bridgehead atoms. The van der Waals surface area contributed by atoms with Crippen molar-refractivity contribution in [3.63, 3.8) is 0 Å². The van der Waals surface area contributed by atoms with E-state index in [1.54, 1.807) is 35.8 Å². The molecule has 2 amide bonds. The fourth-order valence-electron chi connectivity index (χ4n) is 6.53. The molecule has 1 saturated carbocycles. The van der Waals surface area contributed by atoms with Gasteiger partial charge in [-0.1, -0.05) is 31.3 Å². The van der Waals surface area contributed by atoms with E-state index in [0.29, 0.717) is 25.3 Å². The first-order valence-electron chi connectivity index (χ1n) is 16.9. The summed E-state index contributed by atoms with van der Waals surface area (Å²) in [4.78, 5) is 31.0. The maximum Gasteiger partial charge on any atom is 0.267 e. The van der Waals surface area contributed by atoms with Gasteiger partial charge in [0, 0.05) is 44.3 Å². The smallest absolute Gasteiger partial charge is 0.267 e. The van der Waals surface area contributed by atoms with Crippen LogP contribution in [0.5, 0.6) is 5.75 Å². The minimum absolute atomic E-state index is 0.0391. The number of aryl methyl sites for hydroxylation is 2. The quantitative estimate of drug-likeness (QED) is 0.397. The Labute approximate surface area is 279 Å². The van der Waals surface area contributed by atoms with Crippen molar-refractivity contribution in [1.29, 1.82) is 0 Å².